The molecule has 0 spiro atoms. The van der Waals surface area contributed by atoms with Gasteiger partial charge in [-0.05, 0) is 18.2 Å². The standard InChI is InChI=1S/C16H13FN2S2/c17-14-8-12(18)6-7-15(14)20-9-13-10-21-16(19-13)11-4-2-1-3-5-11/h1-8,10H,9,18H2. The number of aromatic nitrogens is 1. The third-order valence-electron chi connectivity index (χ3n) is 2.90. The van der Waals surface area contributed by atoms with Crippen LogP contribution in [-0.4, -0.2) is 4.98 Å². The molecule has 1 heterocycles. The Hall–Kier alpha value is -1.85. The minimum atomic E-state index is -0.279. The lowest BCUT2D eigenvalue weighted by Gasteiger charge is -2.02. The van der Waals surface area contributed by atoms with Crippen LogP contribution in [0.4, 0.5) is 10.1 Å². The fourth-order valence-electron chi connectivity index (χ4n) is 1.87. The Morgan fingerprint density at radius 3 is 2.71 bits per heavy atom. The Morgan fingerprint density at radius 2 is 1.95 bits per heavy atom. The summed E-state index contributed by atoms with van der Waals surface area (Å²) in [6.07, 6.45) is 0. The van der Waals surface area contributed by atoms with Gasteiger partial charge in [0.15, 0.2) is 0 Å². The summed E-state index contributed by atoms with van der Waals surface area (Å²) in [5.41, 5.74) is 8.05. The molecule has 0 fully saturated rings. The Balaban J connectivity index is 1.70. The number of nitrogens with two attached hydrogens (primary N) is 1. The van der Waals surface area contributed by atoms with E-state index in [1.165, 1.54) is 17.8 Å². The van der Waals surface area contributed by atoms with E-state index in [4.69, 9.17) is 5.73 Å². The normalized spacial score (nSPS) is 10.7. The van der Waals surface area contributed by atoms with Crippen LogP contribution in [0.3, 0.4) is 0 Å². The third-order valence-corrected chi connectivity index (χ3v) is 4.93. The molecule has 0 bridgehead atoms. The molecular formula is C16H13FN2S2. The molecule has 0 atom stereocenters. The maximum absolute atomic E-state index is 13.7. The molecular weight excluding hydrogens is 303 g/mol. The average Bonchev–Trinajstić information content (AvgIpc) is 2.96. The number of nitrogen functional groups attached to an aromatic ring is 1. The number of hydrogen-bond acceptors (Lipinski definition) is 4. The number of nitrogens with zero attached hydrogens (tertiary/aromatic N) is 1. The minimum absolute atomic E-state index is 0.279. The van der Waals surface area contributed by atoms with Gasteiger partial charge in [0.05, 0.1) is 5.69 Å². The van der Waals surface area contributed by atoms with Crippen molar-refractivity contribution in [1.29, 1.82) is 0 Å². The van der Waals surface area contributed by atoms with E-state index in [-0.39, 0.29) is 5.82 Å². The van der Waals surface area contributed by atoms with E-state index in [1.807, 2.05) is 35.7 Å². The Bertz CT molecular complexity index is 741. The van der Waals surface area contributed by atoms with E-state index in [9.17, 15) is 4.39 Å². The monoisotopic (exact) mass is 316 g/mol. The summed E-state index contributed by atoms with van der Waals surface area (Å²) in [4.78, 5) is 5.19. The predicted molar refractivity (Wildman–Crippen MR) is 87.9 cm³/mol. The zero-order valence-corrected chi connectivity index (χ0v) is 12.8. The van der Waals surface area contributed by atoms with Crippen molar-refractivity contribution in [1.82, 2.24) is 4.98 Å². The SMILES string of the molecule is Nc1ccc(SCc2csc(-c3ccccc3)n2)c(F)c1. The number of hydrogen-bond donors (Lipinski definition) is 1. The van der Waals surface area contributed by atoms with Crippen LogP contribution in [0.25, 0.3) is 10.6 Å². The Labute approximate surface area is 130 Å². The molecule has 0 radical (unpaired) electrons. The third kappa shape index (κ3) is 3.43. The van der Waals surface area contributed by atoms with Crippen LogP contribution >= 0.6 is 23.1 Å². The summed E-state index contributed by atoms with van der Waals surface area (Å²) in [7, 11) is 0. The molecule has 21 heavy (non-hydrogen) atoms. The topological polar surface area (TPSA) is 38.9 Å². The van der Waals surface area contributed by atoms with Gasteiger partial charge in [-0.25, -0.2) is 9.37 Å². The van der Waals surface area contributed by atoms with Crippen molar-refractivity contribution in [3.05, 3.63) is 65.4 Å². The molecule has 0 aliphatic carbocycles. The number of anilines is 1. The smallest absolute Gasteiger partial charge is 0.138 e. The molecule has 0 amide bonds. The van der Waals surface area contributed by atoms with Gasteiger partial charge in [-0.2, -0.15) is 0 Å². The molecule has 0 saturated carbocycles. The maximum Gasteiger partial charge on any atom is 0.138 e. The molecule has 5 heteroatoms. The Kier molecular flexibility index (Phi) is 4.22. The van der Waals surface area contributed by atoms with E-state index < -0.39 is 0 Å². The summed E-state index contributed by atoms with van der Waals surface area (Å²) < 4.78 is 13.7. The van der Waals surface area contributed by atoms with Crippen molar-refractivity contribution < 1.29 is 4.39 Å². The van der Waals surface area contributed by atoms with Crippen LogP contribution in [0.5, 0.6) is 0 Å². The van der Waals surface area contributed by atoms with Crippen molar-refractivity contribution in [2.75, 3.05) is 5.73 Å². The lowest BCUT2D eigenvalue weighted by Crippen LogP contribution is -1.89. The largest absolute Gasteiger partial charge is 0.399 e. The fourth-order valence-corrected chi connectivity index (χ4v) is 3.62. The van der Waals surface area contributed by atoms with Gasteiger partial charge in [0, 0.05) is 27.3 Å². The molecule has 0 saturated heterocycles. The average molecular weight is 316 g/mol. The maximum atomic E-state index is 13.7. The van der Waals surface area contributed by atoms with Gasteiger partial charge >= 0.3 is 0 Å². The lowest BCUT2D eigenvalue weighted by molar-refractivity contribution is 0.602. The summed E-state index contributed by atoms with van der Waals surface area (Å²) in [5, 5.41) is 3.01. The highest BCUT2D eigenvalue weighted by atomic mass is 32.2. The van der Waals surface area contributed by atoms with Gasteiger partial charge in [-0.3, -0.25) is 0 Å². The van der Waals surface area contributed by atoms with Crippen LogP contribution in [0.15, 0.2) is 58.8 Å². The zero-order chi connectivity index (χ0) is 14.7. The number of thiazole rings is 1. The molecule has 106 valence electrons. The van der Waals surface area contributed by atoms with Crippen LogP contribution < -0.4 is 5.73 Å². The van der Waals surface area contributed by atoms with Gasteiger partial charge < -0.3 is 5.73 Å². The van der Waals surface area contributed by atoms with Crippen LogP contribution in [-0.2, 0) is 5.75 Å². The van der Waals surface area contributed by atoms with Gasteiger partial charge in [0.1, 0.15) is 10.8 Å². The summed E-state index contributed by atoms with van der Waals surface area (Å²) in [5.74, 6) is 0.364. The Morgan fingerprint density at radius 1 is 1.14 bits per heavy atom. The number of rotatable bonds is 4. The van der Waals surface area contributed by atoms with Gasteiger partial charge in [-0.1, -0.05) is 30.3 Å². The van der Waals surface area contributed by atoms with Crippen molar-refractivity contribution in [3.8, 4) is 10.6 Å². The molecule has 2 N–H and O–H groups in total. The quantitative estimate of drug-likeness (QED) is 0.554. The number of thioether (sulfide) groups is 1. The van der Waals surface area contributed by atoms with Crippen molar-refractivity contribution in [2.45, 2.75) is 10.6 Å². The fraction of sp³-hybridized carbons (Fsp3) is 0.0625. The lowest BCUT2D eigenvalue weighted by atomic mass is 10.2. The molecule has 2 nitrogen and oxygen atoms in total. The molecule has 1 aromatic heterocycles. The first-order valence-corrected chi connectivity index (χ1v) is 8.26. The summed E-state index contributed by atoms with van der Waals surface area (Å²) >= 11 is 3.04. The molecule has 0 aliphatic heterocycles. The zero-order valence-electron chi connectivity index (χ0n) is 11.1. The van der Waals surface area contributed by atoms with Crippen molar-refractivity contribution in [2.24, 2.45) is 0 Å². The van der Waals surface area contributed by atoms with Gasteiger partial charge in [0.2, 0.25) is 0 Å². The van der Waals surface area contributed by atoms with E-state index in [0.29, 0.717) is 16.3 Å². The van der Waals surface area contributed by atoms with E-state index in [0.717, 1.165) is 16.3 Å². The summed E-state index contributed by atoms with van der Waals surface area (Å²) in [6, 6.07) is 14.8. The highest BCUT2D eigenvalue weighted by Crippen LogP contribution is 2.29. The number of benzene rings is 2. The number of halogens is 1. The molecule has 3 aromatic rings. The first-order valence-electron chi connectivity index (χ1n) is 6.40. The van der Waals surface area contributed by atoms with Gasteiger partial charge in [-0.15, -0.1) is 23.1 Å². The van der Waals surface area contributed by atoms with E-state index in [1.54, 1.807) is 23.5 Å². The van der Waals surface area contributed by atoms with E-state index in [2.05, 4.69) is 4.98 Å². The van der Waals surface area contributed by atoms with Crippen LogP contribution in [0.1, 0.15) is 5.69 Å². The molecule has 2 aromatic carbocycles. The second kappa shape index (κ2) is 6.28. The second-order valence-electron chi connectivity index (χ2n) is 4.49. The first-order chi connectivity index (χ1) is 10.2. The predicted octanol–water partition coefficient (Wildman–Crippen LogP) is 4.82. The first kappa shape index (κ1) is 14.1. The van der Waals surface area contributed by atoms with Crippen LogP contribution in [0.2, 0.25) is 0 Å². The highest BCUT2D eigenvalue weighted by molar-refractivity contribution is 7.98. The second-order valence-corrected chi connectivity index (χ2v) is 6.36. The van der Waals surface area contributed by atoms with E-state index >= 15 is 0 Å². The highest BCUT2D eigenvalue weighted by Gasteiger charge is 2.07. The van der Waals surface area contributed by atoms with Crippen LogP contribution in [0, 0.1) is 5.82 Å². The van der Waals surface area contributed by atoms with Crippen molar-refractivity contribution in [3.63, 3.8) is 0 Å². The minimum Gasteiger partial charge on any atom is -0.399 e. The van der Waals surface area contributed by atoms with Crippen molar-refractivity contribution >= 4 is 28.8 Å². The molecule has 3 rings (SSSR count). The van der Waals surface area contributed by atoms with Gasteiger partial charge in [0.25, 0.3) is 0 Å². The molecule has 0 unspecified atom stereocenters. The molecule has 0 aliphatic rings. The summed E-state index contributed by atoms with van der Waals surface area (Å²) in [6.45, 7) is 0.